The lowest BCUT2D eigenvalue weighted by molar-refractivity contribution is 0.142. The molecule has 2 rings (SSSR count). The zero-order valence-electron chi connectivity index (χ0n) is 11.1. The van der Waals surface area contributed by atoms with Crippen molar-refractivity contribution in [2.75, 3.05) is 12.8 Å². The van der Waals surface area contributed by atoms with Gasteiger partial charge in [0.25, 0.3) is 0 Å². The predicted octanol–water partition coefficient (Wildman–Crippen LogP) is 3.84. The summed E-state index contributed by atoms with van der Waals surface area (Å²) in [5, 5.41) is 8.46. The number of hydrogen-bond donors (Lipinski definition) is 2. The molecule has 0 bridgehead atoms. The summed E-state index contributed by atoms with van der Waals surface area (Å²) < 4.78 is 22.9. The molecule has 0 saturated heterocycles. The summed E-state index contributed by atoms with van der Waals surface area (Å²) in [6.07, 6.45) is -1.60. The van der Waals surface area contributed by atoms with E-state index in [1.807, 2.05) is 0 Å². The van der Waals surface area contributed by atoms with Gasteiger partial charge in [-0.1, -0.05) is 23.2 Å². The van der Waals surface area contributed by atoms with Crippen LogP contribution in [0, 0.1) is 5.82 Å². The second kappa shape index (κ2) is 6.25. The first-order chi connectivity index (χ1) is 10.3. The quantitative estimate of drug-likeness (QED) is 0.819. The van der Waals surface area contributed by atoms with Gasteiger partial charge in [-0.25, -0.2) is 14.2 Å². The molecule has 0 fully saturated rings. The number of carbonyl (C=O) groups is 1. The molecule has 1 aromatic heterocycles. The maximum atomic E-state index is 13.6. The van der Waals surface area contributed by atoms with E-state index < -0.39 is 17.9 Å². The van der Waals surface area contributed by atoms with Crippen molar-refractivity contribution in [2.45, 2.75) is 0 Å². The average Bonchev–Trinajstić information content (AvgIpc) is 2.44. The van der Waals surface area contributed by atoms with Crippen LogP contribution in [0.1, 0.15) is 0 Å². The molecule has 1 heterocycles. The lowest BCUT2D eigenvalue weighted by Crippen LogP contribution is -2.07. The average molecular weight is 347 g/mol. The Morgan fingerprint density at radius 3 is 2.64 bits per heavy atom. The van der Waals surface area contributed by atoms with Gasteiger partial charge in [0.05, 0.1) is 23.5 Å². The van der Waals surface area contributed by atoms with Crippen LogP contribution < -0.4 is 15.2 Å². The van der Waals surface area contributed by atoms with E-state index in [2.05, 4.69) is 9.72 Å². The highest BCUT2D eigenvalue weighted by Gasteiger charge is 2.19. The monoisotopic (exact) mass is 346 g/mol. The molecule has 0 unspecified atom stereocenters. The standard InChI is InChI=1S/C13H9Cl2FN2O4/c1-21-11-6(16)3-2-5(9(11)14)8-4-7(17)10(15)12(18-8)22-13(19)20/h2-4H,1H3,(H2,17,18)(H,19,20). The molecule has 0 spiro atoms. The zero-order chi connectivity index (χ0) is 16.4. The van der Waals surface area contributed by atoms with Gasteiger partial charge >= 0.3 is 6.16 Å². The number of benzene rings is 1. The Labute approximate surface area is 134 Å². The van der Waals surface area contributed by atoms with Crippen molar-refractivity contribution in [3.8, 4) is 22.9 Å². The van der Waals surface area contributed by atoms with Crippen LogP contribution in [0.2, 0.25) is 10.0 Å². The molecule has 0 atom stereocenters. The molecule has 6 nitrogen and oxygen atoms in total. The first kappa shape index (κ1) is 16.1. The van der Waals surface area contributed by atoms with Crippen molar-refractivity contribution in [1.29, 1.82) is 0 Å². The van der Waals surface area contributed by atoms with Crippen molar-refractivity contribution in [2.24, 2.45) is 0 Å². The number of rotatable bonds is 3. The molecule has 116 valence electrons. The Morgan fingerprint density at radius 1 is 1.36 bits per heavy atom. The molecule has 2 aromatic rings. The van der Waals surface area contributed by atoms with Crippen LogP contribution in [0.25, 0.3) is 11.3 Å². The van der Waals surface area contributed by atoms with Crippen molar-refractivity contribution < 1.29 is 23.8 Å². The summed E-state index contributed by atoms with van der Waals surface area (Å²) in [4.78, 5) is 14.6. The molecule has 0 aliphatic heterocycles. The Kier molecular flexibility index (Phi) is 4.58. The van der Waals surface area contributed by atoms with E-state index >= 15 is 0 Å². The third-order valence-corrected chi connectivity index (χ3v) is 3.42. The summed E-state index contributed by atoms with van der Waals surface area (Å²) in [6, 6.07) is 3.83. The Hall–Kier alpha value is -2.25. The number of ether oxygens (including phenoxy) is 2. The molecular weight excluding hydrogens is 338 g/mol. The van der Waals surface area contributed by atoms with Crippen LogP contribution in [-0.2, 0) is 0 Å². The number of hydrogen-bond acceptors (Lipinski definition) is 5. The third kappa shape index (κ3) is 3.00. The van der Waals surface area contributed by atoms with Gasteiger partial charge in [-0.05, 0) is 18.2 Å². The smallest absolute Gasteiger partial charge is 0.492 e. The van der Waals surface area contributed by atoms with E-state index in [4.69, 9.17) is 38.8 Å². The Morgan fingerprint density at radius 2 is 2.05 bits per heavy atom. The van der Waals surface area contributed by atoms with Crippen LogP contribution >= 0.6 is 23.2 Å². The SMILES string of the molecule is COc1c(F)ccc(-c2cc(N)c(Cl)c(OC(=O)O)n2)c1Cl. The van der Waals surface area contributed by atoms with Crippen molar-refractivity contribution >= 4 is 35.0 Å². The van der Waals surface area contributed by atoms with Crippen LogP contribution in [0.4, 0.5) is 14.9 Å². The number of aromatic nitrogens is 1. The highest BCUT2D eigenvalue weighted by molar-refractivity contribution is 6.35. The summed E-state index contributed by atoms with van der Waals surface area (Å²) in [5.74, 6) is -1.22. The van der Waals surface area contributed by atoms with Crippen LogP contribution in [0.15, 0.2) is 18.2 Å². The molecule has 9 heteroatoms. The largest absolute Gasteiger partial charge is 0.512 e. The second-order valence-corrected chi connectivity index (χ2v) is 4.78. The highest BCUT2D eigenvalue weighted by atomic mass is 35.5. The van der Waals surface area contributed by atoms with Gasteiger partial charge in [-0.3, -0.25) is 0 Å². The minimum absolute atomic E-state index is 0.0299. The normalized spacial score (nSPS) is 10.4. The van der Waals surface area contributed by atoms with Crippen molar-refractivity contribution in [3.05, 3.63) is 34.1 Å². The molecule has 0 radical (unpaired) electrons. The zero-order valence-corrected chi connectivity index (χ0v) is 12.6. The van der Waals surface area contributed by atoms with E-state index in [1.165, 1.54) is 19.2 Å². The van der Waals surface area contributed by atoms with Gasteiger partial charge in [0.2, 0.25) is 5.88 Å². The molecule has 3 N–H and O–H groups in total. The number of carboxylic acid groups (broad SMARTS) is 1. The van der Waals surface area contributed by atoms with Crippen molar-refractivity contribution in [1.82, 2.24) is 4.98 Å². The summed E-state index contributed by atoms with van der Waals surface area (Å²) >= 11 is 11.9. The van der Waals surface area contributed by atoms with Crippen LogP contribution in [0.5, 0.6) is 11.6 Å². The highest BCUT2D eigenvalue weighted by Crippen LogP contribution is 2.39. The van der Waals surface area contributed by atoms with Gasteiger partial charge in [-0.2, -0.15) is 0 Å². The first-order valence-corrected chi connectivity index (χ1v) is 6.50. The number of anilines is 1. The van der Waals surface area contributed by atoms with Gasteiger partial charge in [0, 0.05) is 5.56 Å². The number of halogens is 3. The summed E-state index contributed by atoms with van der Waals surface area (Å²) in [7, 11) is 1.26. The number of methoxy groups -OCH3 is 1. The van der Waals surface area contributed by atoms with Gasteiger partial charge < -0.3 is 20.3 Å². The van der Waals surface area contributed by atoms with E-state index in [-0.39, 0.29) is 32.7 Å². The molecule has 22 heavy (non-hydrogen) atoms. The number of pyridine rings is 1. The van der Waals surface area contributed by atoms with E-state index in [1.54, 1.807) is 0 Å². The minimum atomic E-state index is -1.60. The van der Waals surface area contributed by atoms with Crippen LogP contribution in [0.3, 0.4) is 0 Å². The Balaban J connectivity index is 2.63. The van der Waals surface area contributed by atoms with Gasteiger partial charge in [0.15, 0.2) is 11.6 Å². The third-order valence-electron chi connectivity index (χ3n) is 2.67. The van der Waals surface area contributed by atoms with Crippen LogP contribution in [-0.4, -0.2) is 23.4 Å². The molecule has 0 aliphatic carbocycles. The van der Waals surface area contributed by atoms with Gasteiger partial charge in [0.1, 0.15) is 5.02 Å². The molecule has 0 amide bonds. The number of nitrogens with two attached hydrogens (primary N) is 1. The maximum absolute atomic E-state index is 13.6. The number of nitrogen functional groups attached to an aromatic ring is 1. The fourth-order valence-corrected chi connectivity index (χ4v) is 2.19. The van der Waals surface area contributed by atoms with E-state index in [0.29, 0.717) is 0 Å². The summed E-state index contributed by atoms with van der Waals surface area (Å²) in [6.45, 7) is 0. The topological polar surface area (TPSA) is 94.7 Å². The molecule has 1 aromatic carbocycles. The van der Waals surface area contributed by atoms with Gasteiger partial charge in [-0.15, -0.1) is 0 Å². The predicted molar refractivity (Wildman–Crippen MR) is 79.3 cm³/mol. The Bertz CT molecular complexity index is 755. The fourth-order valence-electron chi connectivity index (χ4n) is 1.73. The maximum Gasteiger partial charge on any atom is 0.512 e. The second-order valence-electron chi connectivity index (χ2n) is 4.03. The molecule has 0 aliphatic rings. The summed E-state index contributed by atoms with van der Waals surface area (Å²) in [5.41, 5.74) is 6.15. The van der Waals surface area contributed by atoms with E-state index in [0.717, 1.165) is 6.07 Å². The number of nitrogens with zero attached hydrogens (tertiary/aromatic N) is 1. The molecular formula is C13H9Cl2FN2O4. The van der Waals surface area contributed by atoms with E-state index in [9.17, 15) is 9.18 Å². The first-order valence-electron chi connectivity index (χ1n) is 5.74. The lowest BCUT2D eigenvalue weighted by Gasteiger charge is -2.12. The lowest BCUT2D eigenvalue weighted by atomic mass is 10.1. The fraction of sp³-hybridized carbons (Fsp3) is 0.0769. The molecule has 0 saturated carbocycles. The van der Waals surface area contributed by atoms with Crippen molar-refractivity contribution in [3.63, 3.8) is 0 Å². The minimum Gasteiger partial charge on any atom is -0.492 e.